The van der Waals surface area contributed by atoms with Crippen molar-refractivity contribution in [3.8, 4) is 11.3 Å². The highest BCUT2D eigenvalue weighted by Gasteiger charge is 2.32. The summed E-state index contributed by atoms with van der Waals surface area (Å²) in [6, 6.07) is 16.1. The Hall–Kier alpha value is -2.26. The molecule has 0 saturated heterocycles. The van der Waals surface area contributed by atoms with E-state index in [0.717, 1.165) is 22.1 Å². The standard InChI is InChI=1S/C25H25BrFN3O2S/c1-15-9-10-18-22(13-15)32-29-24(18)17-8-6-5-7-16(17)20(30-33(31)25(2,3)4)14-21-19(27)11-12-23(26)28-21/h5-13,20,30H,14H2,1-4H3. The number of nitrogens with one attached hydrogen (secondary N) is 1. The van der Waals surface area contributed by atoms with E-state index >= 15 is 0 Å². The molecule has 0 fully saturated rings. The molecule has 2 heterocycles. The first-order valence-corrected chi connectivity index (χ1v) is 12.5. The van der Waals surface area contributed by atoms with E-state index in [-0.39, 0.29) is 12.1 Å². The molecule has 0 radical (unpaired) electrons. The Morgan fingerprint density at radius 1 is 1.15 bits per heavy atom. The molecular weight excluding hydrogens is 505 g/mol. The van der Waals surface area contributed by atoms with Crippen LogP contribution in [0.4, 0.5) is 4.39 Å². The van der Waals surface area contributed by atoms with Gasteiger partial charge < -0.3 is 9.08 Å². The van der Waals surface area contributed by atoms with Gasteiger partial charge in [-0.3, -0.25) is 0 Å². The van der Waals surface area contributed by atoms with Gasteiger partial charge in [-0.15, -0.1) is 4.72 Å². The number of aromatic nitrogens is 2. The van der Waals surface area contributed by atoms with Crippen LogP contribution in [-0.4, -0.2) is 19.4 Å². The van der Waals surface area contributed by atoms with Crippen molar-refractivity contribution in [3.63, 3.8) is 0 Å². The largest absolute Gasteiger partial charge is 0.598 e. The molecule has 0 aliphatic heterocycles. The Balaban J connectivity index is 1.82. The van der Waals surface area contributed by atoms with Gasteiger partial charge in [0, 0.05) is 28.7 Å². The Kier molecular flexibility index (Phi) is 6.91. The quantitative estimate of drug-likeness (QED) is 0.230. The minimum absolute atomic E-state index is 0.207. The third-order valence-corrected chi connectivity index (χ3v) is 7.36. The van der Waals surface area contributed by atoms with Gasteiger partial charge in [-0.25, -0.2) is 9.37 Å². The fourth-order valence-electron chi connectivity index (χ4n) is 3.57. The highest BCUT2D eigenvalue weighted by Crippen LogP contribution is 2.35. The summed E-state index contributed by atoms with van der Waals surface area (Å²) in [4.78, 5) is 4.33. The van der Waals surface area contributed by atoms with Gasteiger partial charge >= 0.3 is 0 Å². The Morgan fingerprint density at radius 3 is 2.67 bits per heavy atom. The van der Waals surface area contributed by atoms with Crippen LogP contribution < -0.4 is 4.72 Å². The zero-order chi connectivity index (χ0) is 23.8. The maximum absolute atomic E-state index is 14.6. The summed E-state index contributed by atoms with van der Waals surface area (Å²) < 4.78 is 36.6. The Bertz CT molecular complexity index is 1290. The minimum atomic E-state index is -1.39. The van der Waals surface area contributed by atoms with Crippen LogP contribution in [0.1, 0.15) is 43.6 Å². The number of hydrogen-bond donors (Lipinski definition) is 1. The van der Waals surface area contributed by atoms with Crippen molar-refractivity contribution in [3.05, 3.63) is 81.8 Å². The highest BCUT2D eigenvalue weighted by atomic mass is 79.9. The van der Waals surface area contributed by atoms with Crippen molar-refractivity contribution in [2.75, 3.05) is 0 Å². The fraction of sp³-hybridized carbons (Fsp3) is 0.280. The van der Waals surface area contributed by atoms with Crippen LogP contribution in [-0.2, 0) is 17.8 Å². The van der Waals surface area contributed by atoms with E-state index in [0.29, 0.717) is 15.9 Å². The van der Waals surface area contributed by atoms with Gasteiger partial charge in [-0.05, 0) is 79.0 Å². The van der Waals surface area contributed by atoms with Crippen molar-refractivity contribution in [1.82, 2.24) is 14.9 Å². The molecule has 4 aromatic rings. The molecule has 2 unspecified atom stereocenters. The summed E-state index contributed by atoms with van der Waals surface area (Å²) in [7, 11) is 0. The van der Waals surface area contributed by atoms with Gasteiger partial charge in [-0.2, -0.15) is 0 Å². The number of halogens is 2. The second-order valence-electron chi connectivity index (χ2n) is 8.94. The molecule has 8 heteroatoms. The van der Waals surface area contributed by atoms with Crippen molar-refractivity contribution >= 4 is 38.3 Å². The maximum atomic E-state index is 14.6. The number of rotatable bonds is 6. The SMILES string of the molecule is Cc1ccc2c(-c3ccccc3C(Cc3nc(Br)ccc3F)N[S+]([O-])C(C)(C)C)noc2c1. The van der Waals surface area contributed by atoms with E-state index in [9.17, 15) is 8.94 Å². The smallest absolute Gasteiger partial charge is 0.167 e. The van der Waals surface area contributed by atoms with Gasteiger partial charge in [0.1, 0.15) is 20.9 Å². The second-order valence-corrected chi connectivity index (χ2v) is 11.7. The topological polar surface area (TPSA) is 74.0 Å². The van der Waals surface area contributed by atoms with Crippen molar-refractivity contribution in [1.29, 1.82) is 0 Å². The highest BCUT2D eigenvalue weighted by molar-refractivity contribution is 9.10. The van der Waals surface area contributed by atoms with Gasteiger partial charge in [0.2, 0.25) is 0 Å². The minimum Gasteiger partial charge on any atom is -0.598 e. The molecule has 0 aliphatic rings. The third-order valence-electron chi connectivity index (χ3n) is 5.31. The summed E-state index contributed by atoms with van der Waals surface area (Å²) in [5.74, 6) is -0.411. The molecule has 172 valence electrons. The molecule has 1 N–H and O–H groups in total. The average Bonchev–Trinajstić information content (AvgIpc) is 3.18. The molecule has 0 amide bonds. The number of fused-ring (bicyclic) bond motifs is 1. The van der Waals surface area contributed by atoms with Crippen LogP contribution >= 0.6 is 15.9 Å². The Labute approximate surface area is 204 Å². The lowest BCUT2D eigenvalue weighted by Gasteiger charge is -2.29. The lowest BCUT2D eigenvalue weighted by Crippen LogP contribution is -2.42. The van der Waals surface area contributed by atoms with Crippen LogP contribution in [0, 0.1) is 12.7 Å². The number of benzene rings is 2. The third kappa shape index (κ3) is 5.30. The number of pyridine rings is 1. The lowest BCUT2D eigenvalue weighted by atomic mass is 9.94. The predicted octanol–water partition coefficient (Wildman–Crippen LogP) is 6.44. The lowest BCUT2D eigenvalue weighted by molar-refractivity contribution is 0.459. The molecule has 0 aliphatic carbocycles. The summed E-state index contributed by atoms with van der Waals surface area (Å²) in [6.45, 7) is 7.68. The first kappa shape index (κ1) is 23.9. The van der Waals surface area contributed by atoms with Gasteiger partial charge in [-0.1, -0.05) is 35.5 Å². The molecule has 4 rings (SSSR count). The first-order valence-electron chi connectivity index (χ1n) is 10.6. The van der Waals surface area contributed by atoms with E-state index in [2.05, 4.69) is 30.8 Å². The van der Waals surface area contributed by atoms with E-state index in [1.807, 2.05) is 70.2 Å². The molecule has 0 spiro atoms. The van der Waals surface area contributed by atoms with Crippen molar-refractivity contribution < 1.29 is 13.5 Å². The normalized spacial score (nSPS) is 13.9. The summed E-state index contributed by atoms with van der Waals surface area (Å²) in [5, 5.41) is 5.23. The van der Waals surface area contributed by atoms with E-state index < -0.39 is 28.0 Å². The van der Waals surface area contributed by atoms with Crippen LogP contribution in [0.15, 0.2) is 63.7 Å². The fourth-order valence-corrected chi connectivity index (χ4v) is 4.74. The molecule has 5 nitrogen and oxygen atoms in total. The zero-order valence-corrected chi connectivity index (χ0v) is 21.3. The maximum Gasteiger partial charge on any atom is 0.167 e. The monoisotopic (exact) mass is 529 g/mol. The summed E-state index contributed by atoms with van der Waals surface area (Å²) >= 11 is 1.93. The van der Waals surface area contributed by atoms with E-state index in [4.69, 9.17) is 4.52 Å². The number of nitrogens with zero attached hydrogens (tertiary/aromatic N) is 2. The second kappa shape index (κ2) is 9.54. The molecule has 0 saturated carbocycles. The van der Waals surface area contributed by atoms with Crippen molar-refractivity contribution in [2.24, 2.45) is 0 Å². The van der Waals surface area contributed by atoms with E-state index in [1.54, 1.807) is 6.07 Å². The van der Waals surface area contributed by atoms with Crippen LogP contribution in [0.3, 0.4) is 0 Å². The van der Waals surface area contributed by atoms with Crippen LogP contribution in [0.25, 0.3) is 22.2 Å². The van der Waals surface area contributed by atoms with E-state index in [1.165, 1.54) is 6.07 Å². The van der Waals surface area contributed by atoms with Gasteiger partial charge in [0.05, 0.1) is 11.7 Å². The van der Waals surface area contributed by atoms with Crippen LogP contribution in [0.2, 0.25) is 0 Å². The van der Waals surface area contributed by atoms with Crippen molar-refractivity contribution in [2.45, 2.75) is 44.9 Å². The summed E-state index contributed by atoms with van der Waals surface area (Å²) in [5.41, 5.74) is 4.42. The van der Waals surface area contributed by atoms with Gasteiger partial charge in [0.25, 0.3) is 0 Å². The molecule has 2 aromatic carbocycles. The first-order chi connectivity index (χ1) is 15.6. The average molecular weight is 530 g/mol. The number of aryl methyl sites for hydroxylation is 1. The summed E-state index contributed by atoms with van der Waals surface area (Å²) in [6.07, 6.45) is 0.207. The predicted molar refractivity (Wildman–Crippen MR) is 134 cm³/mol. The number of hydrogen-bond acceptors (Lipinski definition) is 5. The molecular formula is C25H25BrFN3O2S. The van der Waals surface area contributed by atoms with Crippen LogP contribution in [0.5, 0.6) is 0 Å². The zero-order valence-electron chi connectivity index (χ0n) is 18.9. The van der Waals surface area contributed by atoms with Gasteiger partial charge in [0.15, 0.2) is 5.58 Å². The molecule has 2 atom stereocenters. The Morgan fingerprint density at radius 2 is 1.91 bits per heavy atom. The molecule has 33 heavy (non-hydrogen) atoms. The molecule has 2 aromatic heterocycles. The molecule has 0 bridgehead atoms.